The Morgan fingerprint density at radius 1 is 1.44 bits per heavy atom. The Balaban J connectivity index is 1.89. The zero-order chi connectivity index (χ0) is 11.4. The first-order valence-corrected chi connectivity index (χ1v) is 6.08. The van der Waals surface area contributed by atoms with Crippen LogP contribution in [0.3, 0.4) is 0 Å². The van der Waals surface area contributed by atoms with Gasteiger partial charge in [0.25, 0.3) is 0 Å². The van der Waals surface area contributed by atoms with Gasteiger partial charge in [-0.3, -0.25) is 4.98 Å². The van der Waals surface area contributed by atoms with Crippen molar-refractivity contribution in [2.24, 2.45) is 0 Å². The van der Waals surface area contributed by atoms with Crippen molar-refractivity contribution in [1.82, 2.24) is 10.3 Å². The first kappa shape index (κ1) is 11.6. The van der Waals surface area contributed by atoms with Crippen molar-refractivity contribution >= 4 is 0 Å². The Labute approximate surface area is 96.9 Å². The first-order chi connectivity index (χ1) is 7.77. The van der Waals surface area contributed by atoms with Gasteiger partial charge in [-0.15, -0.1) is 0 Å². The topological polar surface area (TPSA) is 45.2 Å². The Morgan fingerprint density at radius 2 is 2.25 bits per heavy atom. The van der Waals surface area contributed by atoms with Crippen molar-refractivity contribution in [3.8, 4) is 0 Å². The summed E-state index contributed by atoms with van der Waals surface area (Å²) in [6.07, 6.45) is 7.94. The van der Waals surface area contributed by atoms with Crippen molar-refractivity contribution in [2.45, 2.75) is 51.3 Å². The first-order valence-electron chi connectivity index (χ1n) is 6.08. The van der Waals surface area contributed by atoms with Gasteiger partial charge in [-0.25, -0.2) is 0 Å². The number of aliphatic hydroxyl groups is 1. The van der Waals surface area contributed by atoms with E-state index in [1.807, 2.05) is 18.5 Å². The lowest BCUT2D eigenvalue weighted by Crippen LogP contribution is -2.41. The highest BCUT2D eigenvalue weighted by atomic mass is 16.3. The van der Waals surface area contributed by atoms with E-state index in [-0.39, 0.29) is 12.1 Å². The molecule has 0 amide bonds. The van der Waals surface area contributed by atoms with Gasteiger partial charge in [0.15, 0.2) is 0 Å². The number of pyridine rings is 1. The standard InChI is InChI=1S/C13H20N2O/c1-10-6-7-14-8-11(10)9-15-12-4-2-3-5-13(12)16/h6-8,12-13,15-16H,2-5,9H2,1H3/t12-,13-/m0/s1. The Kier molecular flexibility index (Phi) is 3.91. The quantitative estimate of drug-likeness (QED) is 0.816. The van der Waals surface area contributed by atoms with E-state index in [1.54, 1.807) is 0 Å². The van der Waals surface area contributed by atoms with Crippen molar-refractivity contribution in [2.75, 3.05) is 0 Å². The fraction of sp³-hybridized carbons (Fsp3) is 0.615. The second kappa shape index (κ2) is 5.41. The number of aromatic nitrogens is 1. The van der Waals surface area contributed by atoms with Crippen LogP contribution >= 0.6 is 0 Å². The summed E-state index contributed by atoms with van der Waals surface area (Å²) in [6.45, 7) is 2.90. The maximum absolute atomic E-state index is 9.84. The summed E-state index contributed by atoms with van der Waals surface area (Å²) in [5.74, 6) is 0. The number of rotatable bonds is 3. The van der Waals surface area contributed by atoms with E-state index in [4.69, 9.17) is 0 Å². The van der Waals surface area contributed by atoms with Crippen LogP contribution in [0, 0.1) is 6.92 Å². The average Bonchev–Trinajstić information content (AvgIpc) is 2.30. The van der Waals surface area contributed by atoms with Gasteiger partial charge in [-0.2, -0.15) is 0 Å². The second-order valence-electron chi connectivity index (χ2n) is 4.64. The minimum absolute atomic E-state index is 0.175. The molecule has 16 heavy (non-hydrogen) atoms. The number of hydrogen-bond acceptors (Lipinski definition) is 3. The third-order valence-electron chi connectivity index (χ3n) is 3.43. The number of hydrogen-bond donors (Lipinski definition) is 2. The van der Waals surface area contributed by atoms with Gasteiger partial charge >= 0.3 is 0 Å². The van der Waals surface area contributed by atoms with Crippen molar-refractivity contribution < 1.29 is 5.11 Å². The van der Waals surface area contributed by atoms with E-state index in [0.29, 0.717) is 0 Å². The Hall–Kier alpha value is -0.930. The molecule has 0 bridgehead atoms. The van der Waals surface area contributed by atoms with Crippen molar-refractivity contribution in [3.63, 3.8) is 0 Å². The van der Waals surface area contributed by atoms with Crippen LogP contribution in [0.25, 0.3) is 0 Å². The molecule has 1 saturated carbocycles. The third kappa shape index (κ3) is 2.80. The molecule has 2 rings (SSSR count). The molecule has 0 aliphatic heterocycles. The molecule has 1 aromatic heterocycles. The normalized spacial score (nSPS) is 25.6. The summed E-state index contributed by atoms with van der Waals surface area (Å²) >= 11 is 0. The highest BCUT2D eigenvalue weighted by molar-refractivity contribution is 5.21. The number of nitrogens with one attached hydrogen (secondary N) is 1. The molecule has 88 valence electrons. The Bertz CT molecular complexity index is 340. The molecule has 0 spiro atoms. The van der Waals surface area contributed by atoms with Crippen LogP contribution in [0.5, 0.6) is 0 Å². The zero-order valence-corrected chi connectivity index (χ0v) is 9.82. The molecule has 1 heterocycles. The summed E-state index contributed by atoms with van der Waals surface area (Å²) in [4.78, 5) is 4.13. The van der Waals surface area contributed by atoms with Gasteiger partial charge in [0.1, 0.15) is 0 Å². The van der Waals surface area contributed by atoms with Gasteiger partial charge in [-0.1, -0.05) is 12.8 Å². The fourth-order valence-electron chi connectivity index (χ4n) is 2.27. The Morgan fingerprint density at radius 3 is 3.00 bits per heavy atom. The zero-order valence-electron chi connectivity index (χ0n) is 9.82. The average molecular weight is 220 g/mol. The molecule has 1 aromatic rings. The predicted molar refractivity (Wildman–Crippen MR) is 64.1 cm³/mol. The summed E-state index contributed by atoms with van der Waals surface area (Å²) in [7, 11) is 0. The minimum atomic E-state index is -0.175. The van der Waals surface area contributed by atoms with E-state index in [9.17, 15) is 5.11 Å². The van der Waals surface area contributed by atoms with Crippen LogP contribution < -0.4 is 5.32 Å². The second-order valence-corrected chi connectivity index (χ2v) is 4.64. The summed E-state index contributed by atoms with van der Waals surface area (Å²) < 4.78 is 0. The summed E-state index contributed by atoms with van der Waals surface area (Å²) in [5, 5.41) is 13.3. The maximum atomic E-state index is 9.84. The van der Waals surface area contributed by atoms with Crippen LogP contribution in [-0.4, -0.2) is 22.2 Å². The van der Waals surface area contributed by atoms with Crippen molar-refractivity contribution in [3.05, 3.63) is 29.6 Å². The lowest BCUT2D eigenvalue weighted by molar-refractivity contribution is 0.0902. The molecular weight excluding hydrogens is 200 g/mol. The lowest BCUT2D eigenvalue weighted by atomic mass is 9.92. The molecule has 0 saturated heterocycles. The largest absolute Gasteiger partial charge is 0.392 e. The van der Waals surface area contributed by atoms with Crippen molar-refractivity contribution in [1.29, 1.82) is 0 Å². The maximum Gasteiger partial charge on any atom is 0.0693 e. The van der Waals surface area contributed by atoms with Gasteiger partial charge < -0.3 is 10.4 Å². The summed E-state index contributed by atoms with van der Waals surface area (Å²) in [5.41, 5.74) is 2.48. The third-order valence-corrected chi connectivity index (χ3v) is 3.43. The molecule has 0 radical (unpaired) electrons. The number of aryl methyl sites for hydroxylation is 1. The molecule has 0 aromatic carbocycles. The highest BCUT2D eigenvalue weighted by Crippen LogP contribution is 2.18. The smallest absolute Gasteiger partial charge is 0.0693 e. The number of nitrogens with zero attached hydrogens (tertiary/aromatic N) is 1. The highest BCUT2D eigenvalue weighted by Gasteiger charge is 2.22. The molecule has 3 heteroatoms. The van der Waals surface area contributed by atoms with E-state index >= 15 is 0 Å². The summed E-state index contributed by atoms with van der Waals surface area (Å²) in [6, 6.07) is 2.28. The van der Waals surface area contributed by atoms with E-state index in [0.717, 1.165) is 25.8 Å². The van der Waals surface area contributed by atoms with Crippen LogP contribution in [0.2, 0.25) is 0 Å². The van der Waals surface area contributed by atoms with Gasteiger partial charge in [0.2, 0.25) is 0 Å². The van der Waals surface area contributed by atoms with Gasteiger partial charge in [0.05, 0.1) is 6.10 Å². The molecule has 0 unspecified atom stereocenters. The fourth-order valence-corrected chi connectivity index (χ4v) is 2.27. The molecule has 1 aliphatic carbocycles. The van der Waals surface area contributed by atoms with E-state index in [1.165, 1.54) is 17.5 Å². The predicted octanol–water partition coefficient (Wildman–Crippen LogP) is 1.78. The monoisotopic (exact) mass is 220 g/mol. The van der Waals surface area contributed by atoms with E-state index in [2.05, 4.69) is 17.2 Å². The molecule has 1 aliphatic rings. The lowest BCUT2D eigenvalue weighted by Gasteiger charge is -2.28. The van der Waals surface area contributed by atoms with Crippen LogP contribution in [0.1, 0.15) is 36.8 Å². The SMILES string of the molecule is Cc1ccncc1CN[C@H]1CCCC[C@@H]1O. The molecule has 3 nitrogen and oxygen atoms in total. The minimum Gasteiger partial charge on any atom is -0.392 e. The van der Waals surface area contributed by atoms with Crippen LogP contribution in [0.15, 0.2) is 18.5 Å². The van der Waals surface area contributed by atoms with Gasteiger partial charge in [-0.05, 0) is 37.0 Å². The van der Waals surface area contributed by atoms with Crippen LogP contribution in [-0.2, 0) is 6.54 Å². The molecular formula is C13H20N2O. The molecule has 1 fully saturated rings. The molecule has 2 N–H and O–H groups in total. The molecule has 2 atom stereocenters. The van der Waals surface area contributed by atoms with Crippen LogP contribution in [0.4, 0.5) is 0 Å². The van der Waals surface area contributed by atoms with Gasteiger partial charge in [0, 0.05) is 25.0 Å². The number of aliphatic hydroxyl groups excluding tert-OH is 1. The van der Waals surface area contributed by atoms with E-state index < -0.39 is 0 Å².